The summed E-state index contributed by atoms with van der Waals surface area (Å²) in [7, 11) is -3.20. The summed E-state index contributed by atoms with van der Waals surface area (Å²) in [5, 5.41) is -0.458. The molecule has 19 heavy (non-hydrogen) atoms. The van der Waals surface area contributed by atoms with E-state index in [1.807, 2.05) is 0 Å². The number of hydrogen-bond donors (Lipinski definition) is 1. The minimum Gasteiger partial charge on any atom is -0.393 e. The average molecular weight is 323 g/mol. The van der Waals surface area contributed by atoms with E-state index in [0.29, 0.717) is 18.1 Å². The molecule has 0 aliphatic carbocycles. The van der Waals surface area contributed by atoms with Crippen LogP contribution in [0.5, 0.6) is 0 Å². The largest absolute Gasteiger partial charge is 0.393 e. The van der Waals surface area contributed by atoms with E-state index in [1.54, 1.807) is 23.6 Å². The van der Waals surface area contributed by atoms with E-state index in [1.165, 1.54) is 6.33 Å². The molecule has 1 saturated heterocycles. The molecule has 106 valence electrons. The molecule has 1 aliphatic rings. The summed E-state index contributed by atoms with van der Waals surface area (Å²) in [5.41, 5.74) is 6.09. The molecule has 0 amide bonds. The lowest BCUT2D eigenvalue weighted by Gasteiger charge is -2.36. The van der Waals surface area contributed by atoms with Crippen LogP contribution in [0.1, 0.15) is 6.92 Å². The fourth-order valence-electron chi connectivity index (χ4n) is 1.91. The molecule has 0 bridgehead atoms. The third-order valence-corrected chi connectivity index (χ3v) is 6.58. The summed E-state index contributed by atoms with van der Waals surface area (Å²) in [6.45, 7) is 2.22. The lowest BCUT2D eigenvalue weighted by Crippen LogP contribution is -2.48. The van der Waals surface area contributed by atoms with Gasteiger partial charge in [-0.1, -0.05) is 18.5 Å². The van der Waals surface area contributed by atoms with Crippen molar-refractivity contribution in [2.24, 2.45) is 0 Å². The summed E-state index contributed by atoms with van der Waals surface area (Å²) in [6, 6.07) is 0. The molecule has 2 N–H and O–H groups in total. The number of sulfone groups is 1. The zero-order chi connectivity index (χ0) is 14.0. The van der Waals surface area contributed by atoms with Crippen LogP contribution in [0.3, 0.4) is 0 Å². The number of anilines is 2. The Morgan fingerprint density at radius 1 is 1.58 bits per heavy atom. The maximum atomic E-state index is 12.2. The van der Waals surface area contributed by atoms with Crippen LogP contribution in [0.25, 0.3) is 0 Å². The number of rotatable bonds is 3. The molecule has 0 spiro atoms. The highest BCUT2D eigenvalue weighted by Gasteiger charge is 2.34. The van der Waals surface area contributed by atoms with Crippen LogP contribution in [0.15, 0.2) is 6.33 Å². The molecule has 1 atom stereocenters. The smallest absolute Gasteiger partial charge is 0.171 e. The van der Waals surface area contributed by atoms with E-state index in [2.05, 4.69) is 9.97 Å². The standard InChI is InChI=1S/C10H15ClN4O2S2/c1-2-19(16,17)7-5-18-4-3-15(7)10-8(12)9(11)13-6-14-10/h6-7H,2-5,12H2,1H3. The van der Waals surface area contributed by atoms with E-state index in [4.69, 9.17) is 17.3 Å². The van der Waals surface area contributed by atoms with E-state index in [-0.39, 0.29) is 16.6 Å². The Bertz CT molecular complexity index is 567. The van der Waals surface area contributed by atoms with Crippen molar-refractivity contribution in [3.05, 3.63) is 11.5 Å². The summed E-state index contributed by atoms with van der Waals surface area (Å²) in [4.78, 5) is 9.60. The Morgan fingerprint density at radius 2 is 2.32 bits per heavy atom. The molecule has 2 rings (SSSR count). The number of halogens is 1. The molecule has 0 radical (unpaired) electrons. The van der Waals surface area contributed by atoms with Crippen LogP contribution >= 0.6 is 23.4 Å². The quantitative estimate of drug-likeness (QED) is 0.831. The van der Waals surface area contributed by atoms with Crippen molar-refractivity contribution in [3.63, 3.8) is 0 Å². The van der Waals surface area contributed by atoms with Crippen molar-refractivity contribution in [2.45, 2.75) is 12.3 Å². The zero-order valence-electron chi connectivity index (χ0n) is 10.4. The SMILES string of the molecule is CCS(=O)(=O)C1CSCCN1c1ncnc(Cl)c1N. The third kappa shape index (κ3) is 2.90. The van der Waals surface area contributed by atoms with Gasteiger partial charge in [-0.25, -0.2) is 18.4 Å². The molecule has 1 aromatic rings. The molecule has 2 heterocycles. The molecular formula is C10H15ClN4O2S2. The van der Waals surface area contributed by atoms with Crippen LogP contribution < -0.4 is 10.6 Å². The van der Waals surface area contributed by atoms with Crippen LogP contribution in [0, 0.1) is 0 Å². The van der Waals surface area contributed by atoms with Crippen LogP contribution in [0.2, 0.25) is 5.15 Å². The van der Waals surface area contributed by atoms with E-state index in [0.717, 1.165) is 5.75 Å². The van der Waals surface area contributed by atoms with E-state index >= 15 is 0 Å². The summed E-state index contributed by atoms with van der Waals surface area (Å²) < 4.78 is 24.3. The molecule has 1 unspecified atom stereocenters. The Kier molecular flexibility index (Phi) is 4.42. The molecule has 1 aliphatic heterocycles. The second-order valence-electron chi connectivity index (χ2n) is 4.08. The highest BCUT2D eigenvalue weighted by atomic mass is 35.5. The van der Waals surface area contributed by atoms with Crippen molar-refractivity contribution in [2.75, 3.05) is 34.4 Å². The molecule has 0 saturated carbocycles. The van der Waals surface area contributed by atoms with E-state index in [9.17, 15) is 8.42 Å². The number of thioether (sulfide) groups is 1. The molecular weight excluding hydrogens is 308 g/mol. The normalized spacial score (nSPS) is 20.5. The Hall–Kier alpha value is -0.730. The molecule has 6 nitrogen and oxygen atoms in total. The molecule has 9 heteroatoms. The fourth-order valence-corrected chi connectivity index (χ4v) is 5.01. The number of nitrogens with two attached hydrogens (primary N) is 1. The lowest BCUT2D eigenvalue weighted by molar-refractivity contribution is 0.579. The van der Waals surface area contributed by atoms with Gasteiger partial charge in [0.1, 0.15) is 17.4 Å². The van der Waals surface area contributed by atoms with E-state index < -0.39 is 15.2 Å². The van der Waals surface area contributed by atoms with Gasteiger partial charge < -0.3 is 10.6 Å². The van der Waals surface area contributed by atoms with Crippen molar-refractivity contribution < 1.29 is 8.42 Å². The zero-order valence-corrected chi connectivity index (χ0v) is 12.8. The lowest BCUT2D eigenvalue weighted by atomic mass is 10.4. The van der Waals surface area contributed by atoms with Crippen molar-refractivity contribution in [1.82, 2.24) is 9.97 Å². The predicted molar refractivity (Wildman–Crippen MR) is 79.4 cm³/mol. The number of hydrogen-bond acceptors (Lipinski definition) is 7. The van der Waals surface area contributed by atoms with Gasteiger partial charge in [0.15, 0.2) is 20.8 Å². The van der Waals surface area contributed by atoms with Crippen LogP contribution in [-0.4, -0.2) is 47.6 Å². The minimum atomic E-state index is -3.20. The van der Waals surface area contributed by atoms with Gasteiger partial charge in [0.05, 0.1) is 0 Å². The van der Waals surface area contributed by atoms with Gasteiger partial charge in [0.2, 0.25) is 0 Å². The predicted octanol–water partition coefficient (Wildman–Crippen LogP) is 1.03. The topological polar surface area (TPSA) is 89.2 Å². The minimum absolute atomic E-state index is 0.0907. The summed E-state index contributed by atoms with van der Waals surface area (Å²) >= 11 is 7.49. The summed E-state index contributed by atoms with van der Waals surface area (Å²) in [6.07, 6.45) is 1.30. The van der Waals surface area contributed by atoms with Gasteiger partial charge in [0, 0.05) is 23.8 Å². The van der Waals surface area contributed by atoms with Crippen molar-refractivity contribution >= 4 is 44.7 Å². The first-order chi connectivity index (χ1) is 8.97. The summed E-state index contributed by atoms with van der Waals surface area (Å²) in [5.74, 6) is 1.84. The van der Waals surface area contributed by atoms with Crippen molar-refractivity contribution in [1.29, 1.82) is 0 Å². The fraction of sp³-hybridized carbons (Fsp3) is 0.600. The number of nitrogens with zero attached hydrogens (tertiary/aromatic N) is 3. The number of aromatic nitrogens is 2. The first kappa shape index (κ1) is 14.7. The second kappa shape index (κ2) is 5.72. The Balaban J connectivity index is 2.43. The van der Waals surface area contributed by atoms with Gasteiger partial charge >= 0.3 is 0 Å². The third-order valence-electron chi connectivity index (χ3n) is 2.99. The highest BCUT2D eigenvalue weighted by molar-refractivity contribution is 8.01. The molecule has 1 fully saturated rings. The van der Waals surface area contributed by atoms with Crippen molar-refractivity contribution in [3.8, 4) is 0 Å². The Morgan fingerprint density at radius 3 is 3.00 bits per heavy atom. The first-order valence-electron chi connectivity index (χ1n) is 5.79. The van der Waals surface area contributed by atoms with Gasteiger partial charge in [0.25, 0.3) is 0 Å². The van der Waals surface area contributed by atoms with Gasteiger partial charge in [-0.05, 0) is 0 Å². The van der Waals surface area contributed by atoms with Gasteiger partial charge in [-0.15, -0.1) is 0 Å². The van der Waals surface area contributed by atoms with Crippen LogP contribution in [-0.2, 0) is 9.84 Å². The molecule has 1 aromatic heterocycles. The second-order valence-corrected chi connectivity index (χ2v) is 8.03. The van der Waals surface area contributed by atoms with Gasteiger partial charge in [-0.3, -0.25) is 0 Å². The van der Waals surface area contributed by atoms with Crippen LogP contribution in [0.4, 0.5) is 11.5 Å². The Labute approximate surface area is 121 Å². The molecule has 0 aromatic carbocycles. The highest BCUT2D eigenvalue weighted by Crippen LogP contribution is 2.32. The first-order valence-corrected chi connectivity index (χ1v) is 9.04. The maximum absolute atomic E-state index is 12.2. The monoisotopic (exact) mass is 322 g/mol. The maximum Gasteiger partial charge on any atom is 0.171 e. The number of nitrogen functional groups attached to an aromatic ring is 1. The average Bonchev–Trinajstić information content (AvgIpc) is 2.42. The van der Waals surface area contributed by atoms with Gasteiger partial charge in [-0.2, -0.15) is 11.8 Å².